The Morgan fingerprint density at radius 2 is 1.84 bits per heavy atom. The van der Waals surface area contributed by atoms with Crippen molar-refractivity contribution in [3.8, 4) is 0 Å². The third kappa shape index (κ3) is 3.82. The van der Waals surface area contributed by atoms with Gasteiger partial charge in [-0.1, -0.05) is 18.2 Å². The summed E-state index contributed by atoms with van der Waals surface area (Å²) in [4.78, 5) is 41.5. The average Bonchev–Trinajstić information content (AvgIpc) is 2.91. The highest BCUT2D eigenvalue weighted by atomic mass is 16.5. The number of imide groups is 1. The van der Waals surface area contributed by atoms with E-state index in [1.165, 1.54) is 4.90 Å². The molecule has 7 nitrogen and oxygen atoms in total. The minimum atomic E-state index is -0.250. The second-order valence-corrected chi connectivity index (χ2v) is 6.29. The number of hydrogen-bond acceptors (Lipinski definition) is 5. The van der Waals surface area contributed by atoms with Crippen molar-refractivity contribution in [3.63, 3.8) is 0 Å². The molecule has 2 heterocycles. The van der Waals surface area contributed by atoms with Gasteiger partial charge in [-0.3, -0.25) is 14.5 Å². The third-order valence-electron chi connectivity index (χ3n) is 4.66. The van der Waals surface area contributed by atoms with Crippen molar-refractivity contribution in [1.82, 2.24) is 9.80 Å². The van der Waals surface area contributed by atoms with Crippen LogP contribution in [0.25, 0.3) is 0 Å². The first kappa shape index (κ1) is 17.4. The van der Waals surface area contributed by atoms with E-state index in [1.807, 2.05) is 23.1 Å². The summed E-state index contributed by atoms with van der Waals surface area (Å²) in [6.07, 6.45) is 1.50. The Morgan fingerprint density at radius 3 is 2.48 bits per heavy atom. The van der Waals surface area contributed by atoms with Gasteiger partial charge in [-0.15, -0.1) is 0 Å². The molecule has 3 amide bonds. The molecule has 25 heavy (non-hydrogen) atoms. The van der Waals surface area contributed by atoms with E-state index in [1.54, 1.807) is 24.0 Å². The zero-order chi connectivity index (χ0) is 17.8. The molecule has 7 heteroatoms. The second-order valence-electron chi connectivity index (χ2n) is 6.29. The lowest BCUT2D eigenvalue weighted by Crippen LogP contribution is -2.47. The number of carbonyl (C=O) groups excluding carboxylic acids is 3. The van der Waals surface area contributed by atoms with Crippen LogP contribution >= 0.6 is 0 Å². The number of esters is 1. The van der Waals surface area contributed by atoms with Crippen molar-refractivity contribution < 1.29 is 19.1 Å². The van der Waals surface area contributed by atoms with Crippen LogP contribution < -0.4 is 4.90 Å². The predicted octanol–water partition coefficient (Wildman–Crippen LogP) is 1.48. The molecule has 2 aliphatic heterocycles. The maximum Gasteiger partial charge on any atom is 0.332 e. The number of piperidine rings is 1. The molecule has 0 bridgehead atoms. The van der Waals surface area contributed by atoms with Crippen LogP contribution in [0.5, 0.6) is 0 Å². The van der Waals surface area contributed by atoms with Crippen molar-refractivity contribution in [2.45, 2.75) is 25.8 Å². The largest absolute Gasteiger partial charge is 0.465 e. The number of amides is 3. The number of rotatable bonds is 5. The monoisotopic (exact) mass is 345 g/mol. The molecule has 0 N–H and O–H groups in total. The third-order valence-corrected chi connectivity index (χ3v) is 4.66. The predicted molar refractivity (Wildman–Crippen MR) is 92.1 cm³/mol. The fourth-order valence-corrected chi connectivity index (χ4v) is 3.41. The lowest BCUT2D eigenvalue weighted by Gasteiger charge is -2.35. The van der Waals surface area contributed by atoms with Crippen molar-refractivity contribution in [1.29, 1.82) is 0 Å². The number of ether oxygens (including phenoxy) is 1. The Kier molecular flexibility index (Phi) is 5.33. The fraction of sp³-hybridized carbons (Fsp3) is 0.500. The number of para-hydroxylation sites is 1. The molecule has 0 spiro atoms. The number of hydrogen-bond donors (Lipinski definition) is 0. The molecule has 0 aliphatic carbocycles. The Labute approximate surface area is 147 Å². The van der Waals surface area contributed by atoms with Crippen LogP contribution in [0.2, 0.25) is 0 Å². The first-order chi connectivity index (χ1) is 12.1. The van der Waals surface area contributed by atoms with Crippen LogP contribution in [-0.2, 0) is 14.3 Å². The highest BCUT2D eigenvalue weighted by Crippen LogP contribution is 2.26. The summed E-state index contributed by atoms with van der Waals surface area (Å²) >= 11 is 0. The molecule has 1 aromatic carbocycles. The Morgan fingerprint density at radius 1 is 1.16 bits per heavy atom. The SMILES string of the molecule is CCOC(=O)CN1CCC(N2CC(=O)N(c3ccccc3)C2=O)CC1. The van der Waals surface area contributed by atoms with Crippen LogP contribution in [-0.4, -0.2) is 66.5 Å². The summed E-state index contributed by atoms with van der Waals surface area (Å²) in [5.41, 5.74) is 0.611. The lowest BCUT2D eigenvalue weighted by molar-refractivity contribution is -0.144. The summed E-state index contributed by atoms with van der Waals surface area (Å²) in [6, 6.07) is 8.79. The zero-order valence-corrected chi connectivity index (χ0v) is 14.4. The maximum absolute atomic E-state index is 12.7. The van der Waals surface area contributed by atoms with Gasteiger partial charge in [0, 0.05) is 19.1 Å². The van der Waals surface area contributed by atoms with Crippen LogP contribution in [0.3, 0.4) is 0 Å². The molecular weight excluding hydrogens is 322 g/mol. The lowest BCUT2D eigenvalue weighted by atomic mass is 10.0. The molecular formula is C18H23N3O4. The highest BCUT2D eigenvalue weighted by molar-refractivity contribution is 6.19. The van der Waals surface area contributed by atoms with Crippen molar-refractivity contribution in [3.05, 3.63) is 30.3 Å². The van der Waals surface area contributed by atoms with E-state index in [9.17, 15) is 14.4 Å². The Balaban J connectivity index is 1.58. The van der Waals surface area contributed by atoms with Gasteiger partial charge in [0.1, 0.15) is 6.54 Å². The molecule has 0 unspecified atom stereocenters. The van der Waals surface area contributed by atoms with E-state index in [0.29, 0.717) is 25.4 Å². The number of nitrogens with zero attached hydrogens (tertiary/aromatic N) is 3. The minimum absolute atomic E-state index is 0.0311. The molecule has 2 fully saturated rings. The zero-order valence-electron chi connectivity index (χ0n) is 14.4. The molecule has 1 aromatic rings. The smallest absolute Gasteiger partial charge is 0.332 e. The van der Waals surface area contributed by atoms with Gasteiger partial charge in [0.15, 0.2) is 0 Å². The van der Waals surface area contributed by atoms with Gasteiger partial charge < -0.3 is 9.64 Å². The van der Waals surface area contributed by atoms with E-state index in [2.05, 4.69) is 0 Å². The van der Waals surface area contributed by atoms with Gasteiger partial charge in [0.2, 0.25) is 0 Å². The number of carbonyl (C=O) groups is 3. The van der Waals surface area contributed by atoms with Crippen molar-refractivity contribution in [2.75, 3.05) is 37.7 Å². The molecule has 2 saturated heterocycles. The van der Waals surface area contributed by atoms with Crippen LogP contribution in [0.4, 0.5) is 10.5 Å². The van der Waals surface area contributed by atoms with Gasteiger partial charge in [0.05, 0.1) is 18.8 Å². The summed E-state index contributed by atoms with van der Waals surface area (Å²) in [6.45, 7) is 4.01. The van der Waals surface area contributed by atoms with Crippen LogP contribution in [0.15, 0.2) is 30.3 Å². The first-order valence-electron chi connectivity index (χ1n) is 8.66. The van der Waals surface area contributed by atoms with E-state index < -0.39 is 0 Å². The average molecular weight is 345 g/mol. The number of anilines is 1. The number of urea groups is 1. The van der Waals surface area contributed by atoms with Gasteiger partial charge >= 0.3 is 12.0 Å². The molecule has 0 aromatic heterocycles. The van der Waals surface area contributed by atoms with E-state index in [-0.39, 0.29) is 37.0 Å². The van der Waals surface area contributed by atoms with Gasteiger partial charge in [-0.25, -0.2) is 9.69 Å². The quantitative estimate of drug-likeness (QED) is 0.597. The fourth-order valence-electron chi connectivity index (χ4n) is 3.41. The van der Waals surface area contributed by atoms with Gasteiger partial charge in [0.25, 0.3) is 5.91 Å². The standard InChI is InChI=1S/C18H23N3O4/c1-2-25-17(23)13-19-10-8-14(9-11-19)20-12-16(22)21(18(20)24)15-6-4-3-5-7-15/h3-7,14H,2,8-13H2,1H3. The number of benzene rings is 1. The normalized spacial score (nSPS) is 19.6. The number of likely N-dealkylation sites (tertiary alicyclic amines) is 1. The molecule has 0 radical (unpaired) electrons. The molecule has 2 aliphatic rings. The van der Waals surface area contributed by atoms with Crippen LogP contribution in [0, 0.1) is 0 Å². The van der Waals surface area contributed by atoms with E-state index in [0.717, 1.165) is 12.8 Å². The van der Waals surface area contributed by atoms with E-state index in [4.69, 9.17) is 4.74 Å². The van der Waals surface area contributed by atoms with Gasteiger partial charge in [-0.2, -0.15) is 0 Å². The second kappa shape index (κ2) is 7.65. The first-order valence-corrected chi connectivity index (χ1v) is 8.66. The summed E-state index contributed by atoms with van der Waals surface area (Å²) in [7, 11) is 0. The minimum Gasteiger partial charge on any atom is -0.465 e. The molecule has 3 rings (SSSR count). The topological polar surface area (TPSA) is 70.2 Å². The van der Waals surface area contributed by atoms with Crippen LogP contribution in [0.1, 0.15) is 19.8 Å². The van der Waals surface area contributed by atoms with E-state index >= 15 is 0 Å². The van der Waals surface area contributed by atoms with Crippen molar-refractivity contribution in [2.24, 2.45) is 0 Å². The summed E-state index contributed by atoms with van der Waals surface area (Å²) in [5, 5.41) is 0. The molecule has 134 valence electrons. The van der Waals surface area contributed by atoms with Crippen molar-refractivity contribution >= 4 is 23.6 Å². The summed E-state index contributed by atoms with van der Waals surface area (Å²) < 4.78 is 4.97. The molecule has 0 saturated carbocycles. The Hall–Kier alpha value is -2.41. The Bertz CT molecular complexity index is 641. The summed E-state index contributed by atoms with van der Waals surface area (Å²) in [5.74, 6) is -0.409. The van der Waals surface area contributed by atoms with Gasteiger partial charge in [-0.05, 0) is 31.9 Å². The highest BCUT2D eigenvalue weighted by Gasteiger charge is 2.41. The molecule has 0 atom stereocenters. The maximum atomic E-state index is 12.7.